The molecule has 2 fully saturated rings. The van der Waals surface area contributed by atoms with Gasteiger partial charge in [-0.1, -0.05) is 40.5 Å². The quantitative estimate of drug-likeness (QED) is 0.566. The topological polar surface area (TPSA) is 0 Å². The Balaban J connectivity index is 2.01. The van der Waals surface area contributed by atoms with Crippen LogP contribution in [0.3, 0.4) is 0 Å². The summed E-state index contributed by atoms with van der Waals surface area (Å²) in [5.41, 5.74) is 1.28. The van der Waals surface area contributed by atoms with E-state index in [0.717, 1.165) is 17.3 Å². The lowest BCUT2D eigenvalue weighted by Gasteiger charge is -2.26. The standard InChI is InChI=1S/C13H24/c1-12(2,3)11-9-13(11,4)10-7-5-6-8-10/h10-11H,5-9H2,1-4H3. The predicted molar refractivity (Wildman–Crippen MR) is 57.6 cm³/mol. The average molecular weight is 180 g/mol. The number of hydrogen-bond donors (Lipinski definition) is 0. The molecule has 2 aliphatic carbocycles. The van der Waals surface area contributed by atoms with E-state index in [-0.39, 0.29) is 0 Å². The van der Waals surface area contributed by atoms with Crippen LogP contribution >= 0.6 is 0 Å². The summed E-state index contributed by atoms with van der Waals surface area (Å²) in [5.74, 6) is 2.07. The predicted octanol–water partition coefficient (Wildman–Crippen LogP) is 4.25. The first kappa shape index (κ1) is 9.55. The summed E-state index contributed by atoms with van der Waals surface area (Å²) in [5, 5.41) is 0. The van der Waals surface area contributed by atoms with Gasteiger partial charge in [-0.25, -0.2) is 0 Å². The van der Waals surface area contributed by atoms with E-state index < -0.39 is 0 Å². The maximum absolute atomic E-state index is 2.54. The van der Waals surface area contributed by atoms with E-state index in [1.165, 1.54) is 32.1 Å². The van der Waals surface area contributed by atoms with Crippen molar-refractivity contribution in [2.75, 3.05) is 0 Å². The van der Waals surface area contributed by atoms with Gasteiger partial charge in [-0.05, 0) is 41.9 Å². The minimum atomic E-state index is 0.553. The fourth-order valence-electron chi connectivity index (χ4n) is 3.71. The highest BCUT2D eigenvalue weighted by Gasteiger charge is 2.59. The Labute approximate surface area is 83.1 Å². The Bertz CT molecular complexity index is 193. The van der Waals surface area contributed by atoms with Gasteiger partial charge in [-0.3, -0.25) is 0 Å². The van der Waals surface area contributed by atoms with Gasteiger partial charge in [0.25, 0.3) is 0 Å². The normalized spacial score (nSPS) is 41.1. The van der Waals surface area contributed by atoms with E-state index >= 15 is 0 Å². The van der Waals surface area contributed by atoms with E-state index in [4.69, 9.17) is 0 Å². The van der Waals surface area contributed by atoms with Crippen LogP contribution < -0.4 is 0 Å². The van der Waals surface area contributed by atoms with Gasteiger partial charge in [0.2, 0.25) is 0 Å². The smallest absolute Gasteiger partial charge is 0.0261 e. The van der Waals surface area contributed by atoms with Crippen LogP contribution in [0.1, 0.15) is 59.8 Å². The van der Waals surface area contributed by atoms with Crippen molar-refractivity contribution in [3.63, 3.8) is 0 Å². The molecule has 0 aromatic heterocycles. The van der Waals surface area contributed by atoms with Crippen molar-refractivity contribution in [3.05, 3.63) is 0 Å². The van der Waals surface area contributed by atoms with Gasteiger partial charge >= 0.3 is 0 Å². The molecule has 2 aliphatic rings. The Morgan fingerprint density at radius 3 is 2.00 bits per heavy atom. The van der Waals surface area contributed by atoms with Crippen molar-refractivity contribution in [1.29, 1.82) is 0 Å². The first-order chi connectivity index (χ1) is 5.94. The third-order valence-electron chi connectivity index (χ3n) is 4.61. The van der Waals surface area contributed by atoms with Crippen LogP contribution in [0.25, 0.3) is 0 Å². The summed E-state index contributed by atoms with van der Waals surface area (Å²) < 4.78 is 0. The molecule has 0 heterocycles. The molecule has 0 saturated heterocycles. The van der Waals surface area contributed by atoms with Gasteiger partial charge in [-0.15, -0.1) is 0 Å². The minimum absolute atomic E-state index is 0.553. The van der Waals surface area contributed by atoms with E-state index in [2.05, 4.69) is 27.7 Å². The van der Waals surface area contributed by atoms with Crippen molar-refractivity contribution < 1.29 is 0 Å². The van der Waals surface area contributed by atoms with Crippen molar-refractivity contribution >= 4 is 0 Å². The van der Waals surface area contributed by atoms with Crippen LogP contribution in [0, 0.1) is 22.7 Å². The molecule has 0 heteroatoms. The summed E-state index contributed by atoms with van der Waals surface area (Å²) in [4.78, 5) is 0. The van der Waals surface area contributed by atoms with Gasteiger partial charge in [0.05, 0.1) is 0 Å². The molecule has 0 aliphatic heterocycles. The number of hydrogen-bond acceptors (Lipinski definition) is 0. The van der Waals surface area contributed by atoms with E-state index in [9.17, 15) is 0 Å². The fraction of sp³-hybridized carbons (Fsp3) is 1.00. The van der Waals surface area contributed by atoms with Crippen LogP contribution in [0.2, 0.25) is 0 Å². The molecule has 2 saturated carbocycles. The second-order valence-corrected chi connectivity index (χ2v) is 6.61. The first-order valence-corrected chi connectivity index (χ1v) is 5.94. The maximum Gasteiger partial charge on any atom is -0.0261 e. The molecular formula is C13H24. The molecule has 0 aromatic rings. The lowest BCUT2D eigenvalue weighted by atomic mass is 9.79. The summed E-state index contributed by atoms with van der Waals surface area (Å²) >= 11 is 0. The number of rotatable bonds is 1. The maximum atomic E-state index is 2.54. The molecule has 0 bridgehead atoms. The fourth-order valence-corrected chi connectivity index (χ4v) is 3.71. The zero-order valence-corrected chi connectivity index (χ0v) is 9.69. The molecule has 0 nitrogen and oxygen atoms in total. The van der Waals surface area contributed by atoms with Gasteiger partial charge < -0.3 is 0 Å². The molecule has 76 valence electrons. The lowest BCUT2D eigenvalue weighted by Crippen LogP contribution is -2.19. The zero-order chi connectivity index (χ0) is 9.69. The van der Waals surface area contributed by atoms with Crippen molar-refractivity contribution in [2.24, 2.45) is 22.7 Å². The lowest BCUT2D eigenvalue weighted by molar-refractivity contribution is 0.228. The highest BCUT2D eigenvalue weighted by molar-refractivity contribution is 5.08. The second kappa shape index (κ2) is 2.74. The van der Waals surface area contributed by atoms with Crippen molar-refractivity contribution in [2.45, 2.75) is 59.8 Å². The molecule has 0 spiro atoms. The first-order valence-electron chi connectivity index (χ1n) is 5.94. The Kier molecular flexibility index (Phi) is 2.02. The van der Waals surface area contributed by atoms with Gasteiger partial charge in [-0.2, -0.15) is 0 Å². The molecule has 0 amide bonds. The largest absolute Gasteiger partial charge is 0.0599 e. The highest BCUT2D eigenvalue weighted by atomic mass is 14.6. The third kappa shape index (κ3) is 1.53. The Morgan fingerprint density at radius 2 is 1.62 bits per heavy atom. The molecule has 0 aromatic carbocycles. The van der Waals surface area contributed by atoms with Crippen molar-refractivity contribution in [3.8, 4) is 0 Å². The molecule has 2 unspecified atom stereocenters. The summed E-state index contributed by atoms with van der Waals surface area (Å²) in [6.07, 6.45) is 7.53. The van der Waals surface area contributed by atoms with Crippen LogP contribution in [-0.2, 0) is 0 Å². The average Bonchev–Trinajstić information content (AvgIpc) is 2.48. The van der Waals surface area contributed by atoms with Crippen LogP contribution in [-0.4, -0.2) is 0 Å². The van der Waals surface area contributed by atoms with Gasteiger partial charge in [0.1, 0.15) is 0 Å². The van der Waals surface area contributed by atoms with Crippen molar-refractivity contribution in [1.82, 2.24) is 0 Å². The Morgan fingerprint density at radius 1 is 1.08 bits per heavy atom. The minimum Gasteiger partial charge on any atom is -0.0599 e. The molecule has 0 N–H and O–H groups in total. The molecule has 2 atom stereocenters. The van der Waals surface area contributed by atoms with Gasteiger partial charge in [0, 0.05) is 0 Å². The SMILES string of the molecule is CC(C)(C)C1CC1(C)C1CCCC1. The Hall–Kier alpha value is 0. The third-order valence-corrected chi connectivity index (χ3v) is 4.61. The summed E-state index contributed by atoms with van der Waals surface area (Å²) in [6, 6.07) is 0. The monoisotopic (exact) mass is 180 g/mol. The van der Waals surface area contributed by atoms with E-state index in [0.29, 0.717) is 5.41 Å². The zero-order valence-electron chi connectivity index (χ0n) is 9.69. The summed E-state index contributed by atoms with van der Waals surface area (Å²) in [7, 11) is 0. The second-order valence-electron chi connectivity index (χ2n) is 6.61. The van der Waals surface area contributed by atoms with Crippen LogP contribution in [0.5, 0.6) is 0 Å². The highest BCUT2D eigenvalue weighted by Crippen LogP contribution is 2.67. The molecule has 13 heavy (non-hydrogen) atoms. The van der Waals surface area contributed by atoms with E-state index in [1.54, 1.807) is 0 Å². The molecule has 0 radical (unpaired) electrons. The van der Waals surface area contributed by atoms with E-state index in [1.807, 2.05) is 0 Å². The summed E-state index contributed by atoms with van der Waals surface area (Å²) in [6.45, 7) is 9.78. The van der Waals surface area contributed by atoms with Crippen LogP contribution in [0.4, 0.5) is 0 Å². The van der Waals surface area contributed by atoms with Gasteiger partial charge in [0.15, 0.2) is 0 Å². The molecule has 2 rings (SSSR count). The molecular weight excluding hydrogens is 156 g/mol. The van der Waals surface area contributed by atoms with Crippen LogP contribution in [0.15, 0.2) is 0 Å².